The number of para-hydroxylation sites is 3. The summed E-state index contributed by atoms with van der Waals surface area (Å²) in [6.45, 7) is 1.04. The van der Waals surface area contributed by atoms with Gasteiger partial charge in [0.15, 0.2) is 0 Å². The summed E-state index contributed by atoms with van der Waals surface area (Å²) in [5.41, 5.74) is 1.54. The van der Waals surface area contributed by atoms with Crippen LogP contribution in [-0.2, 0) is 4.79 Å². The highest BCUT2D eigenvalue weighted by Crippen LogP contribution is 2.29. The predicted octanol–water partition coefficient (Wildman–Crippen LogP) is 5.21. The van der Waals surface area contributed by atoms with E-state index in [9.17, 15) is 9.59 Å². The molecule has 0 aromatic heterocycles. The normalized spacial score (nSPS) is 13.6. The van der Waals surface area contributed by atoms with Gasteiger partial charge in [0.1, 0.15) is 5.75 Å². The molecule has 0 saturated heterocycles. The summed E-state index contributed by atoms with van der Waals surface area (Å²) in [4.78, 5) is 27.0. The number of nitrogens with zero attached hydrogens (tertiary/aromatic N) is 1. The molecule has 2 aromatic rings. The van der Waals surface area contributed by atoms with Gasteiger partial charge in [0.2, 0.25) is 5.91 Å². The molecular formula is C25H33N3O3. The van der Waals surface area contributed by atoms with Crippen LogP contribution in [0.4, 0.5) is 16.2 Å². The maximum Gasteiger partial charge on any atom is 0.319 e. The SMILES string of the molecule is COc1ccccc1NC(=O)NCCCN(C(=O)CCC1CCCC1)c1ccccc1. The molecule has 6 nitrogen and oxygen atoms in total. The summed E-state index contributed by atoms with van der Waals surface area (Å²) in [7, 11) is 1.57. The number of carbonyl (C=O) groups excluding carboxylic acids is 2. The van der Waals surface area contributed by atoms with E-state index in [4.69, 9.17) is 4.74 Å². The molecular weight excluding hydrogens is 390 g/mol. The van der Waals surface area contributed by atoms with Gasteiger partial charge in [-0.05, 0) is 43.0 Å². The molecule has 1 aliphatic carbocycles. The summed E-state index contributed by atoms with van der Waals surface area (Å²) in [6, 6.07) is 16.8. The Kier molecular flexibility index (Phi) is 8.76. The molecule has 3 amide bonds. The third-order valence-electron chi connectivity index (χ3n) is 5.81. The van der Waals surface area contributed by atoms with E-state index in [1.807, 2.05) is 47.4 Å². The lowest BCUT2D eigenvalue weighted by atomic mass is 10.0. The van der Waals surface area contributed by atoms with Crippen molar-refractivity contribution in [1.29, 1.82) is 0 Å². The second kappa shape index (κ2) is 12.0. The fourth-order valence-electron chi connectivity index (χ4n) is 4.12. The zero-order chi connectivity index (χ0) is 21.9. The topological polar surface area (TPSA) is 70.7 Å². The lowest BCUT2D eigenvalue weighted by Crippen LogP contribution is -2.35. The Hall–Kier alpha value is -3.02. The Morgan fingerprint density at radius 3 is 2.48 bits per heavy atom. The van der Waals surface area contributed by atoms with Crippen LogP contribution < -0.4 is 20.3 Å². The van der Waals surface area contributed by atoms with Gasteiger partial charge < -0.3 is 20.3 Å². The highest BCUT2D eigenvalue weighted by atomic mass is 16.5. The molecule has 0 atom stereocenters. The van der Waals surface area contributed by atoms with E-state index in [1.54, 1.807) is 19.2 Å². The average molecular weight is 424 g/mol. The number of urea groups is 1. The third-order valence-corrected chi connectivity index (χ3v) is 5.81. The maximum absolute atomic E-state index is 13.0. The predicted molar refractivity (Wildman–Crippen MR) is 125 cm³/mol. The molecule has 1 fully saturated rings. The third kappa shape index (κ3) is 7.02. The molecule has 6 heteroatoms. The molecule has 0 aliphatic heterocycles. The monoisotopic (exact) mass is 423 g/mol. The lowest BCUT2D eigenvalue weighted by Gasteiger charge is -2.24. The second-order valence-electron chi connectivity index (χ2n) is 8.00. The minimum atomic E-state index is -0.289. The fourth-order valence-corrected chi connectivity index (χ4v) is 4.12. The Labute approximate surface area is 185 Å². The number of hydrogen-bond acceptors (Lipinski definition) is 3. The first-order chi connectivity index (χ1) is 15.2. The van der Waals surface area contributed by atoms with Gasteiger partial charge in [0.05, 0.1) is 12.8 Å². The largest absolute Gasteiger partial charge is 0.495 e. The quantitative estimate of drug-likeness (QED) is 0.515. The van der Waals surface area contributed by atoms with Crippen molar-refractivity contribution in [2.75, 3.05) is 30.4 Å². The minimum Gasteiger partial charge on any atom is -0.495 e. The Morgan fingerprint density at radius 2 is 1.74 bits per heavy atom. The number of anilines is 2. The van der Waals surface area contributed by atoms with E-state index in [0.717, 1.165) is 12.1 Å². The van der Waals surface area contributed by atoms with Gasteiger partial charge in [-0.25, -0.2) is 4.79 Å². The number of rotatable bonds is 10. The number of nitrogens with one attached hydrogen (secondary N) is 2. The van der Waals surface area contributed by atoms with Crippen LogP contribution in [0.15, 0.2) is 54.6 Å². The van der Waals surface area contributed by atoms with Crippen LogP contribution in [-0.4, -0.2) is 32.1 Å². The molecule has 0 bridgehead atoms. The smallest absolute Gasteiger partial charge is 0.319 e. The van der Waals surface area contributed by atoms with E-state index < -0.39 is 0 Å². The zero-order valence-corrected chi connectivity index (χ0v) is 18.3. The highest BCUT2D eigenvalue weighted by Gasteiger charge is 2.20. The van der Waals surface area contributed by atoms with Crippen LogP contribution in [0.1, 0.15) is 44.9 Å². The molecule has 1 saturated carbocycles. The van der Waals surface area contributed by atoms with Crippen molar-refractivity contribution >= 4 is 23.3 Å². The summed E-state index contributed by atoms with van der Waals surface area (Å²) in [5.74, 6) is 1.47. The minimum absolute atomic E-state index is 0.163. The summed E-state index contributed by atoms with van der Waals surface area (Å²) >= 11 is 0. The second-order valence-corrected chi connectivity index (χ2v) is 8.00. The van der Waals surface area contributed by atoms with Crippen LogP contribution in [0.2, 0.25) is 0 Å². The van der Waals surface area contributed by atoms with Crippen molar-refractivity contribution in [2.24, 2.45) is 5.92 Å². The Morgan fingerprint density at radius 1 is 1.03 bits per heavy atom. The summed E-state index contributed by atoms with van der Waals surface area (Å²) in [5, 5.41) is 5.66. The van der Waals surface area contributed by atoms with Gasteiger partial charge >= 0.3 is 6.03 Å². The molecule has 2 N–H and O–H groups in total. The first kappa shape index (κ1) is 22.7. The summed E-state index contributed by atoms with van der Waals surface area (Å²) < 4.78 is 5.25. The van der Waals surface area contributed by atoms with Gasteiger partial charge in [0, 0.05) is 25.2 Å². The molecule has 1 aliphatic rings. The molecule has 2 aromatic carbocycles. The Bertz CT molecular complexity index is 835. The van der Waals surface area contributed by atoms with Crippen LogP contribution in [0.5, 0.6) is 5.75 Å². The lowest BCUT2D eigenvalue weighted by molar-refractivity contribution is -0.118. The first-order valence-electron chi connectivity index (χ1n) is 11.2. The molecule has 0 unspecified atom stereocenters. The Balaban J connectivity index is 1.48. The van der Waals surface area contributed by atoms with Gasteiger partial charge in [0.25, 0.3) is 0 Å². The van der Waals surface area contributed by atoms with Crippen molar-refractivity contribution in [3.05, 3.63) is 54.6 Å². The number of carbonyl (C=O) groups is 2. The van der Waals surface area contributed by atoms with Crippen LogP contribution in [0.25, 0.3) is 0 Å². The average Bonchev–Trinajstić information content (AvgIpc) is 3.32. The van der Waals surface area contributed by atoms with Gasteiger partial charge in [-0.15, -0.1) is 0 Å². The van der Waals surface area contributed by atoms with E-state index in [0.29, 0.717) is 43.3 Å². The van der Waals surface area contributed by atoms with E-state index in [1.165, 1.54) is 25.7 Å². The maximum atomic E-state index is 13.0. The van der Waals surface area contributed by atoms with Crippen molar-refractivity contribution in [3.8, 4) is 5.75 Å². The number of benzene rings is 2. The van der Waals surface area contributed by atoms with E-state index >= 15 is 0 Å². The zero-order valence-electron chi connectivity index (χ0n) is 18.3. The molecule has 166 valence electrons. The number of methoxy groups -OCH3 is 1. The van der Waals surface area contributed by atoms with Crippen molar-refractivity contribution in [1.82, 2.24) is 5.32 Å². The van der Waals surface area contributed by atoms with Gasteiger partial charge in [-0.2, -0.15) is 0 Å². The molecule has 0 heterocycles. The first-order valence-corrected chi connectivity index (χ1v) is 11.2. The van der Waals surface area contributed by atoms with Crippen LogP contribution in [0, 0.1) is 5.92 Å². The fraction of sp³-hybridized carbons (Fsp3) is 0.440. The molecule has 0 radical (unpaired) electrons. The van der Waals surface area contributed by atoms with Gasteiger partial charge in [-0.3, -0.25) is 4.79 Å². The standard InChI is InChI=1S/C25H33N3O3/c1-31-23-15-8-7-14-22(23)27-25(30)26-18-9-19-28(21-12-3-2-4-13-21)24(29)17-16-20-10-5-6-11-20/h2-4,7-8,12-15,20H,5-6,9-11,16-19H2,1H3,(H2,26,27,30). The molecule has 31 heavy (non-hydrogen) atoms. The molecule has 3 rings (SSSR count). The number of amides is 3. The van der Waals surface area contributed by atoms with E-state index in [2.05, 4.69) is 10.6 Å². The summed E-state index contributed by atoms with van der Waals surface area (Å²) in [6.07, 6.45) is 7.33. The molecule has 0 spiro atoms. The van der Waals surface area contributed by atoms with Crippen molar-refractivity contribution < 1.29 is 14.3 Å². The number of ether oxygens (including phenoxy) is 1. The van der Waals surface area contributed by atoms with Crippen molar-refractivity contribution in [3.63, 3.8) is 0 Å². The van der Waals surface area contributed by atoms with Crippen LogP contribution in [0.3, 0.4) is 0 Å². The van der Waals surface area contributed by atoms with E-state index in [-0.39, 0.29) is 11.9 Å². The number of hydrogen-bond donors (Lipinski definition) is 2. The van der Waals surface area contributed by atoms with Crippen LogP contribution >= 0.6 is 0 Å². The van der Waals surface area contributed by atoms with Gasteiger partial charge in [-0.1, -0.05) is 56.0 Å². The highest BCUT2D eigenvalue weighted by molar-refractivity contribution is 5.93. The van der Waals surface area contributed by atoms with Crippen molar-refractivity contribution in [2.45, 2.75) is 44.9 Å².